The lowest BCUT2D eigenvalue weighted by atomic mass is 9.91. The third-order valence-corrected chi connectivity index (χ3v) is 7.27. The van der Waals surface area contributed by atoms with Crippen molar-refractivity contribution in [3.63, 3.8) is 0 Å². The van der Waals surface area contributed by atoms with Gasteiger partial charge in [0.05, 0.1) is 0 Å². The van der Waals surface area contributed by atoms with Gasteiger partial charge in [-0.2, -0.15) is 0 Å². The predicted molar refractivity (Wildman–Crippen MR) is 115 cm³/mol. The van der Waals surface area contributed by atoms with Gasteiger partial charge in [-0.1, -0.05) is 18.2 Å². The Morgan fingerprint density at radius 3 is 2.47 bits per heavy atom. The van der Waals surface area contributed by atoms with Crippen molar-refractivity contribution in [2.75, 3.05) is 45.8 Å². The van der Waals surface area contributed by atoms with Crippen LogP contribution >= 0.6 is 0 Å². The van der Waals surface area contributed by atoms with E-state index in [4.69, 9.17) is 0 Å². The van der Waals surface area contributed by atoms with Gasteiger partial charge in [0.1, 0.15) is 17.9 Å². The number of hydrogen-bond donors (Lipinski definition) is 2. The topological polar surface area (TPSA) is 85.0 Å². The molecule has 2 unspecified atom stereocenters. The number of halogens is 1. The number of alkyl halides is 1. The largest absolute Gasteiger partial charge is 0.314 e. The molecule has 9 heteroatoms. The molecule has 5 rings (SSSR count). The maximum absolute atomic E-state index is 15.7. The number of piperazine rings is 1. The molecule has 3 fully saturated rings. The van der Waals surface area contributed by atoms with Crippen molar-refractivity contribution < 1.29 is 18.8 Å². The van der Waals surface area contributed by atoms with Crippen LogP contribution in [0.1, 0.15) is 47.8 Å². The Labute approximate surface area is 187 Å². The fraction of sp³-hybridized carbons (Fsp3) is 0.609. The Bertz CT molecular complexity index is 911. The highest BCUT2D eigenvalue weighted by Gasteiger charge is 2.49. The molecule has 0 bridgehead atoms. The van der Waals surface area contributed by atoms with Gasteiger partial charge in [0.2, 0.25) is 11.8 Å². The summed E-state index contributed by atoms with van der Waals surface area (Å²) in [4.78, 5) is 43.5. The minimum absolute atomic E-state index is 0.196. The van der Waals surface area contributed by atoms with Gasteiger partial charge in [-0.05, 0) is 25.3 Å². The lowest BCUT2D eigenvalue weighted by molar-refractivity contribution is -0.139. The van der Waals surface area contributed by atoms with Crippen LogP contribution in [0.15, 0.2) is 24.3 Å². The molecule has 3 amide bonds. The number of rotatable bonds is 4. The highest BCUT2D eigenvalue weighted by atomic mass is 19.1. The molecular formula is C23H30FN5O3. The summed E-state index contributed by atoms with van der Waals surface area (Å²) < 4.78 is 15.7. The number of hydrogen-bond acceptors (Lipinski definition) is 6. The lowest BCUT2D eigenvalue weighted by Gasteiger charge is -2.45. The first-order chi connectivity index (χ1) is 15.5. The summed E-state index contributed by atoms with van der Waals surface area (Å²) in [6.07, 6.45) is 0.901. The van der Waals surface area contributed by atoms with Gasteiger partial charge >= 0.3 is 0 Å². The van der Waals surface area contributed by atoms with E-state index in [1.165, 1.54) is 0 Å². The SMILES string of the molecule is O=C1CCC(N2C(=O)c3ccccc3C2N2CCC(F)(CN3CCNCC3)CC2)C(=O)N1. The van der Waals surface area contributed by atoms with Crippen LogP contribution in [0, 0.1) is 0 Å². The van der Waals surface area contributed by atoms with Crippen molar-refractivity contribution in [1.82, 2.24) is 25.3 Å². The molecule has 0 aromatic heterocycles. The number of amides is 3. The molecular weight excluding hydrogens is 413 g/mol. The maximum atomic E-state index is 15.7. The van der Waals surface area contributed by atoms with E-state index < -0.39 is 23.8 Å². The van der Waals surface area contributed by atoms with Crippen LogP contribution in [0.4, 0.5) is 4.39 Å². The summed E-state index contributed by atoms with van der Waals surface area (Å²) in [6.45, 7) is 4.98. The summed E-state index contributed by atoms with van der Waals surface area (Å²) in [6, 6.07) is 6.71. The molecule has 8 nitrogen and oxygen atoms in total. The number of imide groups is 1. The molecule has 0 radical (unpaired) electrons. The lowest BCUT2D eigenvalue weighted by Crippen LogP contribution is -2.58. The van der Waals surface area contributed by atoms with Crippen molar-refractivity contribution >= 4 is 17.7 Å². The van der Waals surface area contributed by atoms with Crippen molar-refractivity contribution in [3.05, 3.63) is 35.4 Å². The summed E-state index contributed by atoms with van der Waals surface area (Å²) in [7, 11) is 0. The first-order valence-electron chi connectivity index (χ1n) is 11.6. The van der Waals surface area contributed by atoms with Crippen LogP contribution in [0.5, 0.6) is 0 Å². The van der Waals surface area contributed by atoms with E-state index >= 15 is 4.39 Å². The number of benzene rings is 1. The molecule has 172 valence electrons. The number of carbonyl (C=O) groups excluding carboxylic acids is 3. The van der Waals surface area contributed by atoms with Crippen LogP contribution < -0.4 is 10.6 Å². The molecule has 4 aliphatic heterocycles. The van der Waals surface area contributed by atoms with Crippen molar-refractivity contribution in [1.29, 1.82) is 0 Å². The van der Waals surface area contributed by atoms with Crippen molar-refractivity contribution in [3.8, 4) is 0 Å². The number of likely N-dealkylation sites (tertiary alicyclic amines) is 1. The van der Waals surface area contributed by atoms with Gasteiger partial charge in [-0.25, -0.2) is 4.39 Å². The van der Waals surface area contributed by atoms with Gasteiger partial charge in [-0.3, -0.25) is 29.5 Å². The molecule has 3 saturated heterocycles. The monoisotopic (exact) mass is 443 g/mol. The third-order valence-electron chi connectivity index (χ3n) is 7.27. The molecule has 4 heterocycles. The van der Waals surface area contributed by atoms with E-state index in [9.17, 15) is 14.4 Å². The van der Waals surface area contributed by atoms with Gasteiger partial charge in [-0.15, -0.1) is 0 Å². The zero-order valence-electron chi connectivity index (χ0n) is 18.2. The standard InChI is InChI=1S/C23H30FN5O3/c24-23(15-27-13-9-25-10-14-27)7-11-28(12-8-23)21-16-3-1-2-4-17(16)22(32)29(21)18-5-6-19(30)26-20(18)31/h1-4,18,21,25H,5-15H2,(H,26,30,31). The van der Waals surface area contributed by atoms with Crippen LogP contribution in [0.25, 0.3) is 0 Å². The Balaban J connectivity index is 1.35. The number of nitrogens with one attached hydrogen (secondary N) is 2. The minimum Gasteiger partial charge on any atom is -0.314 e. The predicted octanol–water partition coefficient (Wildman–Crippen LogP) is 0.656. The number of fused-ring (bicyclic) bond motifs is 1. The maximum Gasteiger partial charge on any atom is 0.256 e. The van der Waals surface area contributed by atoms with Crippen LogP contribution in [-0.2, 0) is 9.59 Å². The van der Waals surface area contributed by atoms with E-state index in [1.807, 2.05) is 18.2 Å². The molecule has 0 saturated carbocycles. The van der Waals surface area contributed by atoms with E-state index in [2.05, 4.69) is 20.4 Å². The molecule has 2 atom stereocenters. The van der Waals surface area contributed by atoms with Crippen molar-refractivity contribution in [2.45, 2.75) is 43.6 Å². The van der Waals surface area contributed by atoms with E-state index in [0.717, 1.165) is 31.7 Å². The van der Waals surface area contributed by atoms with E-state index in [0.29, 0.717) is 44.5 Å². The fourth-order valence-electron chi connectivity index (χ4n) is 5.55. The first-order valence-corrected chi connectivity index (χ1v) is 11.6. The summed E-state index contributed by atoms with van der Waals surface area (Å²) in [5.41, 5.74) is 0.200. The molecule has 1 aromatic carbocycles. The van der Waals surface area contributed by atoms with Gasteiger partial charge in [0, 0.05) is 63.4 Å². The Hall–Kier alpha value is -2.36. The second kappa shape index (κ2) is 8.53. The molecule has 0 spiro atoms. The van der Waals surface area contributed by atoms with Gasteiger partial charge in [0.25, 0.3) is 5.91 Å². The van der Waals surface area contributed by atoms with Crippen LogP contribution in [0.3, 0.4) is 0 Å². The zero-order chi connectivity index (χ0) is 22.3. The number of nitrogens with zero attached hydrogens (tertiary/aromatic N) is 3. The third kappa shape index (κ3) is 3.93. The van der Waals surface area contributed by atoms with Crippen LogP contribution in [0.2, 0.25) is 0 Å². The molecule has 0 aliphatic carbocycles. The molecule has 1 aromatic rings. The minimum atomic E-state index is -1.24. The van der Waals surface area contributed by atoms with Crippen molar-refractivity contribution in [2.24, 2.45) is 0 Å². The Morgan fingerprint density at radius 1 is 1.03 bits per heavy atom. The summed E-state index contributed by atoms with van der Waals surface area (Å²) in [5.74, 6) is -0.930. The van der Waals surface area contributed by atoms with E-state index in [1.54, 1.807) is 11.0 Å². The summed E-state index contributed by atoms with van der Waals surface area (Å²) in [5, 5.41) is 5.68. The average Bonchev–Trinajstić information content (AvgIpc) is 3.07. The number of carbonyl (C=O) groups is 3. The molecule has 32 heavy (non-hydrogen) atoms. The fourth-order valence-corrected chi connectivity index (χ4v) is 5.55. The van der Waals surface area contributed by atoms with Gasteiger partial charge in [0.15, 0.2) is 0 Å². The van der Waals surface area contributed by atoms with Gasteiger partial charge < -0.3 is 10.2 Å². The second-order valence-electron chi connectivity index (χ2n) is 9.35. The average molecular weight is 444 g/mol. The highest BCUT2D eigenvalue weighted by Crippen LogP contribution is 2.41. The smallest absolute Gasteiger partial charge is 0.256 e. The molecule has 2 N–H and O–H groups in total. The second-order valence-corrected chi connectivity index (χ2v) is 9.35. The van der Waals surface area contributed by atoms with Crippen LogP contribution in [-0.4, -0.2) is 89.9 Å². The first kappa shape index (κ1) is 21.5. The Morgan fingerprint density at radius 2 is 1.75 bits per heavy atom. The highest BCUT2D eigenvalue weighted by molar-refractivity contribution is 6.05. The quantitative estimate of drug-likeness (QED) is 0.665. The summed E-state index contributed by atoms with van der Waals surface area (Å²) >= 11 is 0. The van der Waals surface area contributed by atoms with E-state index in [-0.39, 0.29) is 18.2 Å². The zero-order valence-corrected chi connectivity index (χ0v) is 18.2. The Kier molecular flexibility index (Phi) is 5.73. The molecule has 4 aliphatic rings. The number of piperidine rings is 2. The normalized spacial score (nSPS) is 29.2.